The first-order chi connectivity index (χ1) is 9.57. The highest BCUT2D eigenvalue weighted by Gasteiger charge is 2.25. The van der Waals surface area contributed by atoms with E-state index in [0.29, 0.717) is 6.42 Å². The minimum Gasteiger partial charge on any atom is -0.327 e. The van der Waals surface area contributed by atoms with E-state index in [9.17, 15) is 12.8 Å². The molecule has 120 valence electrons. The maximum atomic E-state index is 13.4. The summed E-state index contributed by atoms with van der Waals surface area (Å²) in [7, 11) is -2.28. The molecule has 1 aromatic carbocycles. The minimum absolute atomic E-state index is 0.0759. The van der Waals surface area contributed by atoms with E-state index in [1.54, 1.807) is 0 Å². The largest absolute Gasteiger partial charge is 0.327 e. The summed E-state index contributed by atoms with van der Waals surface area (Å²) in [6.45, 7) is 5.76. The molecule has 0 heterocycles. The Kier molecular flexibility index (Phi) is 6.16. The topological polar surface area (TPSA) is 63.4 Å². The molecule has 0 amide bonds. The fourth-order valence-electron chi connectivity index (χ4n) is 1.78. The molecule has 0 radical (unpaired) electrons. The van der Waals surface area contributed by atoms with E-state index in [1.165, 1.54) is 24.3 Å². The van der Waals surface area contributed by atoms with Gasteiger partial charge in [0.15, 0.2) is 0 Å². The second-order valence-electron chi connectivity index (χ2n) is 5.55. The smallest absolute Gasteiger partial charge is 0.244 e. The van der Waals surface area contributed by atoms with Crippen LogP contribution in [0.5, 0.6) is 0 Å². The molecule has 2 N–H and O–H groups in total. The van der Waals surface area contributed by atoms with Crippen molar-refractivity contribution in [3.63, 3.8) is 0 Å². The number of aryl methyl sites for hydroxylation is 1. The Morgan fingerprint density at radius 3 is 2.48 bits per heavy atom. The molecule has 0 bridgehead atoms. The van der Waals surface area contributed by atoms with E-state index in [4.69, 9.17) is 17.3 Å². The summed E-state index contributed by atoms with van der Waals surface area (Å²) in [6.07, 6.45) is 0.547. The van der Waals surface area contributed by atoms with Crippen LogP contribution in [-0.2, 0) is 10.0 Å². The summed E-state index contributed by atoms with van der Waals surface area (Å²) < 4.78 is 39.5. The quantitative estimate of drug-likeness (QED) is 0.868. The fourth-order valence-corrected chi connectivity index (χ4v) is 3.54. The molecule has 1 aromatic rings. The zero-order valence-electron chi connectivity index (χ0n) is 12.7. The fraction of sp³-hybridized carbons (Fsp3) is 0.571. The van der Waals surface area contributed by atoms with Gasteiger partial charge < -0.3 is 5.73 Å². The molecule has 0 aliphatic rings. The molecular formula is C14H22ClFN2O2S. The van der Waals surface area contributed by atoms with Crippen molar-refractivity contribution in [3.8, 4) is 0 Å². The van der Waals surface area contributed by atoms with Crippen LogP contribution >= 0.6 is 11.6 Å². The number of hydrogen-bond acceptors (Lipinski definition) is 3. The molecule has 0 saturated carbocycles. The number of nitrogens with two attached hydrogens (primary N) is 1. The molecule has 7 heteroatoms. The second kappa shape index (κ2) is 7.05. The van der Waals surface area contributed by atoms with Crippen LogP contribution in [0.3, 0.4) is 0 Å². The Hall–Kier alpha value is -0.690. The first-order valence-corrected chi connectivity index (χ1v) is 8.56. The Labute approximate surface area is 131 Å². The van der Waals surface area contributed by atoms with Crippen LogP contribution in [0.4, 0.5) is 4.39 Å². The number of benzene rings is 1. The molecule has 1 unspecified atom stereocenters. The van der Waals surface area contributed by atoms with Crippen molar-refractivity contribution in [3.05, 3.63) is 28.5 Å². The highest BCUT2D eigenvalue weighted by atomic mass is 35.5. The van der Waals surface area contributed by atoms with Gasteiger partial charge in [0.2, 0.25) is 10.0 Å². The standard InChI is InChI=1S/C14H22ClFN2O2S/c1-9(2)13(17)5-6-18(4)21(19,20)14-7-10(3)12(16)8-11(14)15/h7-9,13H,5-6,17H2,1-4H3. The molecule has 4 nitrogen and oxygen atoms in total. The van der Waals surface area contributed by atoms with E-state index in [0.717, 1.165) is 6.07 Å². The highest BCUT2D eigenvalue weighted by molar-refractivity contribution is 7.89. The first-order valence-electron chi connectivity index (χ1n) is 6.75. The zero-order chi connectivity index (χ0) is 16.4. The molecule has 0 spiro atoms. The van der Waals surface area contributed by atoms with E-state index < -0.39 is 15.8 Å². The molecule has 0 aliphatic heterocycles. The third kappa shape index (κ3) is 4.39. The van der Waals surface area contributed by atoms with Gasteiger partial charge in [0.05, 0.1) is 5.02 Å². The van der Waals surface area contributed by atoms with E-state index in [-0.39, 0.29) is 34.0 Å². The maximum Gasteiger partial charge on any atom is 0.244 e. The third-order valence-corrected chi connectivity index (χ3v) is 5.86. The van der Waals surface area contributed by atoms with Gasteiger partial charge in [-0.15, -0.1) is 0 Å². The Balaban J connectivity index is 2.98. The number of rotatable bonds is 6. The van der Waals surface area contributed by atoms with Gasteiger partial charge >= 0.3 is 0 Å². The molecule has 1 rings (SSSR count). The lowest BCUT2D eigenvalue weighted by Crippen LogP contribution is -2.34. The third-order valence-electron chi connectivity index (χ3n) is 3.54. The van der Waals surface area contributed by atoms with Crippen molar-refractivity contribution >= 4 is 21.6 Å². The Bertz CT molecular complexity index is 605. The van der Waals surface area contributed by atoms with E-state index in [1.807, 2.05) is 13.8 Å². The van der Waals surface area contributed by atoms with Crippen molar-refractivity contribution in [1.29, 1.82) is 0 Å². The van der Waals surface area contributed by atoms with Gasteiger partial charge in [0, 0.05) is 19.6 Å². The monoisotopic (exact) mass is 336 g/mol. The van der Waals surface area contributed by atoms with Crippen molar-refractivity contribution in [2.24, 2.45) is 11.7 Å². The lowest BCUT2D eigenvalue weighted by atomic mass is 10.0. The lowest BCUT2D eigenvalue weighted by Gasteiger charge is -2.22. The molecule has 0 fully saturated rings. The number of halogens is 2. The van der Waals surface area contributed by atoms with E-state index in [2.05, 4.69) is 0 Å². The van der Waals surface area contributed by atoms with Gasteiger partial charge in [-0.25, -0.2) is 17.1 Å². The molecule has 0 aromatic heterocycles. The van der Waals surface area contributed by atoms with E-state index >= 15 is 0 Å². The van der Waals surface area contributed by atoms with Crippen LogP contribution in [0.2, 0.25) is 5.02 Å². The summed E-state index contributed by atoms with van der Waals surface area (Å²) >= 11 is 5.87. The average Bonchev–Trinajstić information content (AvgIpc) is 2.39. The van der Waals surface area contributed by atoms with Crippen LogP contribution in [0.25, 0.3) is 0 Å². The van der Waals surface area contributed by atoms with Crippen LogP contribution in [0, 0.1) is 18.7 Å². The van der Waals surface area contributed by atoms with Gasteiger partial charge in [-0.3, -0.25) is 0 Å². The molecule has 1 atom stereocenters. The van der Waals surface area contributed by atoms with Crippen molar-refractivity contribution < 1.29 is 12.8 Å². The minimum atomic E-state index is -3.75. The Morgan fingerprint density at radius 2 is 1.95 bits per heavy atom. The molecule has 21 heavy (non-hydrogen) atoms. The average molecular weight is 337 g/mol. The molecule has 0 aliphatic carbocycles. The first kappa shape index (κ1) is 18.4. The SMILES string of the molecule is Cc1cc(S(=O)(=O)N(C)CCC(N)C(C)C)c(Cl)cc1F. The van der Waals surface area contributed by atoms with Gasteiger partial charge in [0.25, 0.3) is 0 Å². The zero-order valence-corrected chi connectivity index (χ0v) is 14.3. The van der Waals surface area contributed by atoms with Crippen molar-refractivity contribution in [2.45, 2.75) is 38.1 Å². The summed E-state index contributed by atoms with van der Waals surface area (Å²) in [4.78, 5) is -0.0799. The van der Waals surface area contributed by atoms with Gasteiger partial charge in [-0.05, 0) is 37.0 Å². The number of sulfonamides is 1. The van der Waals surface area contributed by atoms with Crippen molar-refractivity contribution in [2.75, 3.05) is 13.6 Å². The molecular weight excluding hydrogens is 315 g/mol. The van der Waals surface area contributed by atoms with Crippen molar-refractivity contribution in [1.82, 2.24) is 4.31 Å². The van der Waals surface area contributed by atoms with Gasteiger partial charge in [-0.2, -0.15) is 0 Å². The van der Waals surface area contributed by atoms with Gasteiger partial charge in [0.1, 0.15) is 10.7 Å². The van der Waals surface area contributed by atoms with Crippen LogP contribution in [-0.4, -0.2) is 32.4 Å². The number of nitrogens with zero attached hydrogens (tertiary/aromatic N) is 1. The van der Waals surface area contributed by atoms with Crippen LogP contribution in [0.1, 0.15) is 25.8 Å². The number of hydrogen-bond donors (Lipinski definition) is 1. The summed E-state index contributed by atoms with van der Waals surface area (Å²) in [5, 5.41) is -0.113. The normalized spacial score (nSPS) is 14.0. The van der Waals surface area contributed by atoms with Gasteiger partial charge in [-0.1, -0.05) is 25.4 Å². The highest BCUT2D eigenvalue weighted by Crippen LogP contribution is 2.27. The molecule has 0 saturated heterocycles. The Morgan fingerprint density at radius 1 is 1.38 bits per heavy atom. The van der Waals surface area contributed by atoms with Crippen LogP contribution < -0.4 is 5.73 Å². The second-order valence-corrected chi connectivity index (χ2v) is 7.98. The summed E-state index contributed by atoms with van der Waals surface area (Å²) in [6, 6.07) is 2.21. The summed E-state index contributed by atoms with van der Waals surface area (Å²) in [5.41, 5.74) is 6.16. The predicted molar refractivity (Wildman–Crippen MR) is 83.4 cm³/mol. The predicted octanol–water partition coefficient (Wildman–Crippen LogP) is 2.78. The summed E-state index contributed by atoms with van der Waals surface area (Å²) in [5.74, 6) is -0.249. The maximum absolute atomic E-state index is 13.4. The lowest BCUT2D eigenvalue weighted by molar-refractivity contribution is 0.397. The van der Waals surface area contributed by atoms with Crippen LogP contribution in [0.15, 0.2) is 17.0 Å².